The zero-order valence-electron chi connectivity index (χ0n) is 17.0. The summed E-state index contributed by atoms with van der Waals surface area (Å²) in [5.74, 6) is -0.994. The fourth-order valence-electron chi connectivity index (χ4n) is 3.59. The Hall–Kier alpha value is -3.33. The molecule has 2 amide bonds. The number of carbonyl (C=O) groups excluding carboxylic acids is 3. The van der Waals surface area contributed by atoms with Gasteiger partial charge >= 0.3 is 5.97 Å². The number of methoxy groups -OCH3 is 1. The molecule has 2 heterocycles. The highest BCUT2D eigenvalue weighted by Gasteiger charge is 2.35. The Morgan fingerprint density at radius 3 is 2.68 bits per heavy atom. The van der Waals surface area contributed by atoms with Crippen LogP contribution in [0.1, 0.15) is 6.42 Å². The topological polar surface area (TPSA) is 93.5 Å². The second-order valence-corrected chi connectivity index (χ2v) is 7.96. The van der Waals surface area contributed by atoms with Crippen molar-refractivity contribution in [1.29, 1.82) is 0 Å². The number of hydrogen-bond acceptors (Lipinski definition) is 6. The normalized spacial score (nSPS) is 16.2. The average Bonchev–Trinajstić information content (AvgIpc) is 3.17. The Kier molecular flexibility index (Phi) is 6.22. The maximum atomic E-state index is 13.0. The lowest BCUT2D eigenvalue weighted by molar-refractivity contribution is -0.149. The smallest absolute Gasteiger partial charge is 0.308 e. The van der Waals surface area contributed by atoms with Crippen LogP contribution in [0, 0.1) is 0 Å². The number of fused-ring (bicyclic) bond motifs is 1. The molecule has 1 N–H and O–H groups in total. The van der Waals surface area contributed by atoms with Gasteiger partial charge in [-0.2, -0.15) is 0 Å². The number of aromatic nitrogens is 2. The highest BCUT2D eigenvalue weighted by atomic mass is 32.2. The predicted molar refractivity (Wildman–Crippen MR) is 117 cm³/mol. The quantitative estimate of drug-likeness (QED) is 0.467. The Balaban J connectivity index is 1.57. The molecule has 8 nitrogen and oxygen atoms in total. The SMILES string of the molecule is COC(=O)C[C@@H]1C(=O)NCCN1C(=O)CSc1nc2ccccc2n1-c1ccccc1. The average molecular weight is 439 g/mol. The van der Waals surface area contributed by atoms with Gasteiger partial charge in [-0.1, -0.05) is 42.1 Å². The van der Waals surface area contributed by atoms with Crippen molar-refractivity contribution in [3.05, 3.63) is 54.6 Å². The van der Waals surface area contributed by atoms with E-state index in [1.165, 1.54) is 23.8 Å². The van der Waals surface area contributed by atoms with Crippen molar-refractivity contribution in [2.45, 2.75) is 17.6 Å². The number of nitrogens with zero attached hydrogens (tertiary/aromatic N) is 3. The van der Waals surface area contributed by atoms with Crippen LogP contribution in [0.25, 0.3) is 16.7 Å². The summed E-state index contributed by atoms with van der Waals surface area (Å²) in [5.41, 5.74) is 2.74. The van der Waals surface area contributed by atoms with Crippen LogP contribution in [-0.2, 0) is 19.1 Å². The van der Waals surface area contributed by atoms with Crippen molar-refractivity contribution in [2.75, 3.05) is 26.0 Å². The molecule has 9 heteroatoms. The van der Waals surface area contributed by atoms with Crippen molar-refractivity contribution in [3.63, 3.8) is 0 Å². The largest absolute Gasteiger partial charge is 0.469 e. The van der Waals surface area contributed by atoms with Gasteiger partial charge in [0.05, 0.1) is 30.3 Å². The predicted octanol–water partition coefficient (Wildman–Crippen LogP) is 2.01. The summed E-state index contributed by atoms with van der Waals surface area (Å²) >= 11 is 1.31. The van der Waals surface area contributed by atoms with E-state index in [1.807, 2.05) is 59.2 Å². The summed E-state index contributed by atoms with van der Waals surface area (Å²) in [4.78, 5) is 43.1. The number of carbonyl (C=O) groups is 3. The number of benzene rings is 2. The fourth-order valence-corrected chi connectivity index (χ4v) is 4.51. The van der Waals surface area contributed by atoms with Crippen molar-refractivity contribution in [2.24, 2.45) is 0 Å². The third kappa shape index (κ3) is 4.41. The number of para-hydroxylation sites is 3. The molecule has 160 valence electrons. The monoisotopic (exact) mass is 438 g/mol. The first-order valence-corrected chi connectivity index (χ1v) is 10.9. The van der Waals surface area contributed by atoms with Crippen LogP contribution in [0.15, 0.2) is 59.8 Å². The van der Waals surface area contributed by atoms with E-state index in [0.717, 1.165) is 16.7 Å². The first kappa shape index (κ1) is 20.9. The summed E-state index contributed by atoms with van der Waals surface area (Å²) < 4.78 is 6.70. The Morgan fingerprint density at radius 1 is 1.16 bits per heavy atom. The van der Waals surface area contributed by atoms with Gasteiger partial charge in [0, 0.05) is 18.8 Å². The minimum atomic E-state index is -0.859. The standard InChI is InChI=1S/C22H22N4O4S/c1-30-20(28)13-18-21(29)23-11-12-25(18)19(27)14-31-22-24-16-9-5-6-10-17(16)26(22)15-7-3-2-4-8-15/h2-10,18H,11-14H2,1H3,(H,23,29)/t18-/m1/s1. The van der Waals surface area contributed by atoms with Crippen LogP contribution < -0.4 is 5.32 Å². The first-order chi connectivity index (χ1) is 15.1. The van der Waals surface area contributed by atoms with E-state index in [4.69, 9.17) is 4.98 Å². The van der Waals surface area contributed by atoms with Crippen molar-refractivity contribution >= 4 is 40.6 Å². The molecular formula is C22H22N4O4S. The van der Waals surface area contributed by atoms with Crippen LogP contribution in [0.4, 0.5) is 0 Å². The van der Waals surface area contributed by atoms with Crippen LogP contribution in [-0.4, -0.2) is 64.2 Å². The molecule has 0 bridgehead atoms. The van der Waals surface area contributed by atoms with Gasteiger partial charge in [-0.15, -0.1) is 0 Å². The second kappa shape index (κ2) is 9.22. The van der Waals surface area contributed by atoms with Gasteiger partial charge in [-0.3, -0.25) is 19.0 Å². The van der Waals surface area contributed by atoms with E-state index in [9.17, 15) is 14.4 Å². The van der Waals surface area contributed by atoms with E-state index < -0.39 is 12.0 Å². The first-order valence-electron chi connectivity index (χ1n) is 9.88. The zero-order chi connectivity index (χ0) is 21.8. The van der Waals surface area contributed by atoms with Crippen molar-refractivity contribution < 1.29 is 19.1 Å². The maximum absolute atomic E-state index is 13.0. The van der Waals surface area contributed by atoms with Gasteiger partial charge in [0.2, 0.25) is 11.8 Å². The third-order valence-electron chi connectivity index (χ3n) is 5.11. The van der Waals surface area contributed by atoms with E-state index in [1.54, 1.807) is 0 Å². The second-order valence-electron chi connectivity index (χ2n) is 7.02. The molecule has 1 fully saturated rings. The molecule has 0 spiro atoms. The number of esters is 1. The van der Waals surface area contributed by atoms with Crippen LogP contribution in [0.5, 0.6) is 0 Å². The Morgan fingerprint density at radius 2 is 1.90 bits per heavy atom. The van der Waals surface area contributed by atoms with Gasteiger partial charge in [0.25, 0.3) is 0 Å². The van der Waals surface area contributed by atoms with Crippen LogP contribution in [0.3, 0.4) is 0 Å². The third-order valence-corrected chi connectivity index (χ3v) is 6.03. The van der Waals surface area contributed by atoms with Gasteiger partial charge in [0.15, 0.2) is 5.16 Å². The van der Waals surface area contributed by atoms with Crippen molar-refractivity contribution in [1.82, 2.24) is 19.8 Å². The van der Waals surface area contributed by atoms with Gasteiger partial charge in [-0.25, -0.2) is 4.98 Å². The molecule has 1 atom stereocenters. The molecule has 4 rings (SSSR count). The summed E-state index contributed by atoms with van der Waals surface area (Å²) in [6.45, 7) is 0.706. The number of rotatable bonds is 6. The number of imidazole rings is 1. The highest BCUT2D eigenvalue weighted by Crippen LogP contribution is 2.28. The molecule has 1 aliphatic rings. The lowest BCUT2D eigenvalue weighted by atomic mass is 10.1. The molecule has 1 aromatic heterocycles. The number of ether oxygens (including phenoxy) is 1. The highest BCUT2D eigenvalue weighted by molar-refractivity contribution is 7.99. The van der Waals surface area contributed by atoms with Crippen LogP contribution >= 0.6 is 11.8 Å². The lowest BCUT2D eigenvalue weighted by Crippen LogP contribution is -2.58. The van der Waals surface area contributed by atoms with Crippen LogP contribution in [0.2, 0.25) is 0 Å². The molecule has 0 aliphatic carbocycles. The molecule has 0 saturated carbocycles. The van der Waals surface area contributed by atoms with E-state index in [2.05, 4.69) is 10.1 Å². The zero-order valence-corrected chi connectivity index (χ0v) is 17.8. The molecule has 31 heavy (non-hydrogen) atoms. The summed E-state index contributed by atoms with van der Waals surface area (Å²) in [7, 11) is 1.26. The Labute approximate surface area is 183 Å². The van der Waals surface area contributed by atoms with Gasteiger partial charge in [-0.05, 0) is 24.3 Å². The summed E-state index contributed by atoms with van der Waals surface area (Å²) in [6.07, 6.45) is -0.165. The minimum absolute atomic E-state index is 0.0983. The molecule has 0 unspecified atom stereocenters. The van der Waals surface area contributed by atoms with Crippen molar-refractivity contribution in [3.8, 4) is 5.69 Å². The van der Waals surface area contributed by atoms with Gasteiger partial charge in [0.1, 0.15) is 6.04 Å². The number of nitrogens with one attached hydrogen (secondary N) is 1. The minimum Gasteiger partial charge on any atom is -0.469 e. The molecule has 1 saturated heterocycles. The molecule has 3 aromatic rings. The Bertz CT molecular complexity index is 1120. The van der Waals surface area contributed by atoms with E-state index in [0.29, 0.717) is 18.2 Å². The fraction of sp³-hybridized carbons (Fsp3) is 0.273. The molecule has 2 aromatic carbocycles. The maximum Gasteiger partial charge on any atom is 0.308 e. The number of amides is 2. The summed E-state index contributed by atoms with van der Waals surface area (Å²) in [5, 5.41) is 3.39. The number of hydrogen-bond donors (Lipinski definition) is 1. The number of piperazine rings is 1. The summed E-state index contributed by atoms with van der Waals surface area (Å²) in [6, 6.07) is 16.8. The van der Waals surface area contributed by atoms with Gasteiger partial charge < -0.3 is 15.0 Å². The lowest BCUT2D eigenvalue weighted by Gasteiger charge is -2.34. The van der Waals surface area contributed by atoms with E-state index >= 15 is 0 Å². The number of thioether (sulfide) groups is 1. The molecular weight excluding hydrogens is 416 g/mol. The molecule has 1 aliphatic heterocycles. The van der Waals surface area contributed by atoms with E-state index in [-0.39, 0.29) is 24.0 Å². The molecule has 0 radical (unpaired) electrons.